The van der Waals surface area contributed by atoms with Crippen molar-refractivity contribution in [2.75, 3.05) is 26.1 Å². The first-order valence-electron chi connectivity index (χ1n) is 5.31. The van der Waals surface area contributed by atoms with E-state index in [9.17, 15) is 9.59 Å². The molecule has 0 aliphatic heterocycles. The zero-order valence-corrected chi connectivity index (χ0v) is 10.4. The van der Waals surface area contributed by atoms with Crippen molar-refractivity contribution in [2.24, 2.45) is 5.73 Å². The number of anilines is 1. The fourth-order valence-electron chi connectivity index (χ4n) is 1.45. The van der Waals surface area contributed by atoms with Crippen molar-refractivity contribution in [3.8, 4) is 0 Å². The fourth-order valence-corrected chi connectivity index (χ4v) is 1.45. The maximum absolute atomic E-state index is 11.4. The summed E-state index contributed by atoms with van der Waals surface area (Å²) in [6.07, 6.45) is 0. The van der Waals surface area contributed by atoms with Gasteiger partial charge >= 0.3 is 5.97 Å². The third kappa shape index (κ3) is 3.83. The van der Waals surface area contributed by atoms with Gasteiger partial charge in [0.15, 0.2) is 0 Å². The Morgan fingerprint density at radius 3 is 2.56 bits per heavy atom. The Hall–Kier alpha value is -1.92. The summed E-state index contributed by atoms with van der Waals surface area (Å²) in [6.45, 7) is 0.207. The summed E-state index contributed by atoms with van der Waals surface area (Å²) < 4.78 is 9.33. The molecule has 0 atom stereocenters. The standard InChI is InChI=1S/C12H16N2O4/c1-17-7-11(15)14-10-4-8(6-13)3-9(5-10)12(16)18-2/h3-5H,6-7,13H2,1-2H3,(H,14,15). The zero-order chi connectivity index (χ0) is 13.5. The van der Waals surface area contributed by atoms with E-state index in [1.54, 1.807) is 12.1 Å². The summed E-state index contributed by atoms with van der Waals surface area (Å²) in [5, 5.41) is 2.61. The van der Waals surface area contributed by atoms with Crippen LogP contribution in [0.25, 0.3) is 0 Å². The molecule has 0 saturated heterocycles. The van der Waals surface area contributed by atoms with Gasteiger partial charge in [0.1, 0.15) is 6.61 Å². The van der Waals surface area contributed by atoms with Crippen molar-refractivity contribution in [3.63, 3.8) is 0 Å². The van der Waals surface area contributed by atoms with Gasteiger partial charge in [-0.1, -0.05) is 0 Å². The van der Waals surface area contributed by atoms with E-state index in [4.69, 9.17) is 10.5 Å². The molecule has 1 aromatic rings. The van der Waals surface area contributed by atoms with Crippen molar-refractivity contribution in [2.45, 2.75) is 6.54 Å². The van der Waals surface area contributed by atoms with E-state index in [2.05, 4.69) is 10.1 Å². The van der Waals surface area contributed by atoms with E-state index >= 15 is 0 Å². The molecule has 1 rings (SSSR count). The molecule has 6 heteroatoms. The molecule has 0 aromatic heterocycles. The van der Waals surface area contributed by atoms with Crippen LogP contribution in [-0.4, -0.2) is 32.7 Å². The number of nitrogens with one attached hydrogen (secondary N) is 1. The van der Waals surface area contributed by atoms with Gasteiger partial charge in [0, 0.05) is 19.3 Å². The van der Waals surface area contributed by atoms with Gasteiger partial charge in [0.2, 0.25) is 5.91 Å². The van der Waals surface area contributed by atoms with Crippen LogP contribution in [0.2, 0.25) is 0 Å². The van der Waals surface area contributed by atoms with Crippen LogP contribution in [0.1, 0.15) is 15.9 Å². The Morgan fingerprint density at radius 1 is 1.28 bits per heavy atom. The second-order valence-corrected chi connectivity index (χ2v) is 3.60. The number of nitrogens with two attached hydrogens (primary N) is 1. The quantitative estimate of drug-likeness (QED) is 0.745. The zero-order valence-electron chi connectivity index (χ0n) is 10.4. The summed E-state index contributed by atoms with van der Waals surface area (Å²) in [5.41, 5.74) is 7.08. The lowest BCUT2D eigenvalue weighted by atomic mass is 10.1. The first kappa shape index (κ1) is 14.1. The number of esters is 1. The molecule has 98 valence electrons. The molecule has 0 aliphatic rings. The highest BCUT2D eigenvalue weighted by molar-refractivity contribution is 5.95. The van der Waals surface area contributed by atoms with Crippen LogP contribution in [0.15, 0.2) is 18.2 Å². The third-order valence-electron chi connectivity index (χ3n) is 2.21. The first-order chi connectivity index (χ1) is 8.60. The molecule has 6 nitrogen and oxygen atoms in total. The van der Waals surface area contributed by atoms with Gasteiger partial charge < -0.3 is 20.5 Å². The number of methoxy groups -OCH3 is 2. The average Bonchev–Trinajstić information content (AvgIpc) is 2.37. The van der Waals surface area contributed by atoms with Crippen LogP contribution < -0.4 is 11.1 Å². The molecular formula is C12H16N2O4. The second kappa shape index (κ2) is 6.73. The summed E-state index contributed by atoms with van der Waals surface area (Å²) in [6, 6.07) is 4.84. The van der Waals surface area contributed by atoms with Crippen molar-refractivity contribution in [3.05, 3.63) is 29.3 Å². The lowest BCUT2D eigenvalue weighted by Gasteiger charge is -2.09. The van der Waals surface area contributed by atoms with Gasteiger partial charge in [-0.2, -0.15) is 0 Å². The highest BCUT2D eigenvalue weighted by Crippen LogP contribution is 2.15. The summed E-state index contributed by atoms with van der Waals surface area (Å²) in [7, 11) is 2.72. The Labute approximate surface area is 105 Å². The van der Waals surface area contributed by atoms with E-state index in [-0.39, 0.29) is 19.1 Å². The number of carbonyl (C=O) groups is 2. The highest BCUT2D eigenvalue weighted by atomic mass is 16.5. The summed E-state index contributed by atoms with van der Waals surface area (Å²) in [4.78, 5) is 22.8. The maximum Gasteiger partial charge on any atom is 0.337 e. The second-order valence-electron chi connectivity index (χ2n) is 3.60. The van der Waals surface area contributed by atoms with Gasteiger partial charge in [-0.25, -0.2) is 4.79 Å². The minimum absolute atomic E-state index is 0.0551. The van der Waals surface area contributed by atoms with Crippen LogP contribution in [0.3, 0.4) is 0 Å². The number of hydrogen-bond acceptors (Lipinski definition) is 5. The predicted octanol–water partition coefficient (Wildman–Crippen LogP) is 0.517. The minimum Gasteiger partial charge on any atom is -0.465 e. The number of hydrogen-bond donors (Lipinski definition) is 2. The molecule has 1 amide bonds. The molecule has 0 radical (unpaired) electrons. The summed E-state index contributed by atoms with van der Waals surface area (Å²) >= 11 is 0. The van der Waals surface area contributed by atoms with Crippen molar-refractivity contribution < 1.29 is 19.1 Å². The topological polar surface area (TPSA) is 90.6 Å². The number of carbonyl (C=O) groups excluding carboxylic acids is 2. The molecular weight excluding hydrogens is 236 g/mol. The lowest BCUT2D eigenvalue weighted by molar-refractivity contribution is -0.119. The first-order valence-corrected chi connectivity index (χ1v) is 5.31. The molecule has 0 aliphatic carbocycles. The molecule has 3 N–H and O–H groups in total. The molecule has 18 heavy (non-hydrogen) atoms. The normalized spacial score (nSPS) is 9.94. The van der Waals surface area contributed by atoms with Crippen LogP contribution in [0.5, 0.6) is 0 Å². The van der Waals surface area contributed by atoms with Gasteiger partial charge in [-0.15, -0.1) is 0 Å². The maximum atomic E-state index is 11.4. The lowest BCUT2D eigenvalue weighted by Crippen LogP contribution is -2.18. The molecule has 0 saturated carbocycles. The van der Waals surface area contributed by atoms with Crippen LogP contribution >= 0.6 is 0 Å². The van der Waals surface area contributed by atoms with E-state index in [0.29, 0.717) is 11.3 Å². The van der Waals surface area contributed by atoms with Crippen molar-refractivity contribution in [1.29, 1.82) is 0 Å². The largest absolute Gasteiger partial charge is 0.465 e. The Balaban J connectivity index is 2.97. The average molecular weight is 252 g/mol. The van der Waals surface area contributed by atoms with E-state index < -0.39 is 5.97 Å². The Kier molecular flexibility index (Phi) is 5.29. The van der Waals surface area contributed by atoms with Crippen LogP contribution in [0, 0.1) is 0 Å². The van der Waals surface area contributed by atoms with Gasteiger partial charge in [-0.05, 0) is 23.8 Å². The van der Waals surface area contributed by atoms with E-state index in [0.717, 1.165) is 5.56 Å². The molecule has 0 fully saturated rings. The Morgan fingerprint density at radius 2 is 2.00 bits per heavy atom. The van der Waals surface area contributed by atoms with E-state index in [1.165, 1.54) is 20.3 Å². The van der Waals surface area contributed by atoms with Gasteiger partial charge in [0.25, 0.3) is 0 Å². The third-order valence-corrected chi connectivity index (χ3v) is 2.21. The van der Waals surface area contributed by atoms with Crippen LogP contribution in [0.4, 0.5) is 5.69 Å². The monoisotopic (exact) mass is 252 g/mol. The number of amides is 1. The smallest absolute Gasteiger partial charge is 0.337 e. The summed E-state index contributed by atoms with van der Waals surface area (Å²) in [5.74, 6) is -0.782. The molecule has 1 aromatic carbocycles. The number of ether oxygens (including phenoxy) is 2. The molecule has 0 unspecified atom stereocenters. The van der Waals surface area contributed by atoms with Crippen molar-refractivity contribution >= 4 is 17.6 Å². The number of rotatable bonds is 5. The van der Waals surface area contributed by atoms with Gasteiger partial charge in [0.05, 0.1) is 12.7 Å². The fraction of sp³-hybridized carbons (Fsp3) is 0.333. The highest BCUT2D eigenvalue weighted by Gasteiger charge is 2.10. The predicted molar refractivity (Wildman–Crippen MR) is 66.2 cm³/mol. The number of benzene rings is 1. The van der Waals surface area contributed by atoms with E-state index in [1.807, 2.05) is 0 Å². The minimum atomic E-state index is -0.479. The van der Waals surface area contributed by atoms with Crippen LogP contribution in [-0.2, 0) is 20.8 Å². The molecule has 0 bridgehead atoms. The molecule has 0 spiro atoms. The molecule has 0 heterocycles. The SMILES string of the molecule is COCC(=O)Nc1cc(CN)cc(C(=O)OC)c1. The van der Waals surface area contributed by atoms with Crippen molar-refractivity contribution in [1.82, 2.24) is 0 Å². The van der Waals surface area contributed by atoms with Gasteiger partial charge in [-0.3, -0.25) is 4.79 Å². The Bertz CT molecular complexity index is 446.